The lowest BCUT2D eigenvalue weighted by Gasteiger charge is -2.58. The zero-order chi connectivity index (χ0) is 25.5. The van der Waals surface area contributed by atoms with E-state index in [-0.39, 0.29) is 24.0 Å². The zero-order valence-corrected chi connectivity index (χ0v) is 22.8. The lowest BCUT2D eigenvalue weighted by Crippen LogP contribution is -2.49. The summed E-state index contributed by atoms with van der Waals surface area (Å²) in [5, 5.41) is 22.0. The fourth-order valence-electron chi connectivity index (χ4n) is 11.7. The number of aliphatic hydroxyl groups is 2. The van der Waals surface area contributed by atoms with E-state index in [1.165, 1.54) is 98.9 Å². The molecule has 0 unspecified atom stereocenters. The molecule has 8 bridgehead atoms. The van der Waals surface area contributed by atoms with Crippen molar-refractivity contribution in [1.82, 2.24) is 0 Å². The maximum atomic E-state index is 9.61. The van der Waals surface area contributed by atoms with Gasteiger partial charge in [-0.3, -0.25) is 0 Å². The van der Waals surface area contributed by atoms with Gasteiger partial charge in [0.15, 0.2) is 0 Å². The van der Waals surface area contributed by atoms with Crippen LogP contribution in [-0.2, 0) is 10.8 Å². The average Bonchev–Trinajstić information content (AvgIpc) is 2.88. The molecule has 4 nitrogen and oxygen atoms in total. The minimum Gasteiger partial charge on any atom is -0.491 e. The van der Waals surface area contributed by atoms with Gasteiger partial charge in [0.25, 0.3) is 0 Å². The predicted octanol–water partition coefficient (Wildman–Crippen LogP) is 6.52. The summed E-state index contributed by atoms with van der Waals surface area (Å²) in [6, 6.07) is 9.31. The molecule has 2 aromatic carbocycles. The van der Waals surface area contributed by atoms with Gasteiger partial charge >= 0.3 is 0 Å². The molecule has 0 heterocycles. The maximum Gasteiger partial charge on any atom is 0.120 e. The summed E-state index contributed by atoms with van der Waals surface area (Å²) in [5.41, 5.74) is 3.45. The van der Waals surface area contributed by atoms with Crippen LogP contribution in [0, 0.1) is 35.5 Å². The van der Waals surface area contributed by atoms with Crippen molar-refractivity contribution in [3.05, 3.63) is 35.4 Å². The van der Waals surface area contributed by atoms with Crippen molar-refractivity contribution < 1.29 is 19.7 Å². The van der Waals surface area contributed by atoms with Gasteiger partial charge in [0.05, 0.1) is 13.2 Å². The van der Waals surface area contributed by atoms with Crippen LogP contribution in [0.25, 0.3) is 10.8 Å². The zero-order valence-electron chi connectivity index (χ0n) is 22.8. The lowest BCUT2D eigenvalue weighted by atomic mass is 9.47. The highest BCUT2D eigenvalue weighted by Gasteiger charge is 2.54. The Morgan fingerprint density at radius 2 is 0.842 bits per heavy atom. The first kappa shape index (κ1) is 24.1. The minimum absolute atomic E-state index is 0.0422. The van der Waals surface area contributed by atoms with Gasteiger partial charge in [-0.2, -0.15) is 0 Å². The first-order valence-corrected chi connectivity index (χ1v) is 15.6. The smallest absolute Gasteiger partial charge is 0.120 e. The summed E-state index contributed by atoms with van der Waals surface area (Å²) >= 11 is 0. The molecule has 2 N–H and O–H groups in total. The molecule has 8 saturated carbocycles. The summed E-state index contributed by atoms with van der Waals surface area (Å²) < 4.78 is 12.4. The van der Waals surface area contributed by atoms with Crippen molar-refractivity contribution in [3.8, 4) is 11.5 Å². The Hall–Kier alpha value is -1.78. The van der Waals surface area contributed by atoms with Gasteiger partial charge in [0.1, 0.15) is 24.7 Å². The van der Waals surface area contributed by atoms with E-state index in [1.54, 1.807) is 0 Å². The molecule has 0 amide bonds. The van der Waals surface area contributed by atoms with Gasteiger partial charge in [-0.15, -0.1) is 0 Å². The van der Waals surface area contributed by atoms with Gasteiger partial charge in [-0.25, -0.2) is 0 Å². The highest BCUT2D eigenvalue weighted by Crippen LogP contribution is 2.64. The Labute approximate surface area is 227 Å². The van der Waals surface area contributed by atoms with Crippen LogP contribution in [0.2, 0.25) is 0 Å². The number of hydrogen-bond donors (Lipinski definition) is 2. The Morgan fingerprint density at radius 3 is 1.13 bits per heavy atom. The number of rotatable bonds is 8. The second-order valence-electron chi connectivity index (χ2n) is 14.6. The molecule has 2 aromatic rings. The first-order valence-electron chi connectivity index (χ1n) is 15.6. The fraction of sp³-hybridized carbons (Fsp3) is 0.706. The highest BCUT2D eigenvalue weighted by atomic mass is 16.5. The standard InChI is InChI=1S/C34H44O4/c35-1-3-37-27-11-29-30(31(13-27)33-15-21-5-22(16-33)7-23(6-21)17-33)12-28(38-4-2-36)14-32(29)34-18-24-8-25(19-34)10-26(9-24)20-34/h11-14,21-26,35-36H,1-10,15-20H2. The molecular formula is C34H44O4. The van der Waals surface area contributed by atoms with Crippen molar-refractivity contribution >= 4 is 10.8 Å². The summed E-state index contributed by atoms with van der Waals surface area (Å²) in [4.78, 5) is 0. The van der Waals surface area contributed by atoms with Crippen molar-refractivity contribution in [2.24, 2.45) is 35.5 Å². The molecule has 0 atom stereocenters. The van der Waals surface area contributed by atoms with Gasteiger partial charge in [0.2, 0.25) is 0 Å². The largest absolute Gasteiger partial charge is 0.491 e. The lowest BCUT2D eigenvalue weighted by molar-refractivity contribution is -0.00534. The number of benzene rings is 2. The molecule has 0 spiro atoms. The SMILES string of the molecule is OCCOc1cc(C23CC4CC(CC(C4)C2)C3)c2cc(OCCO)cc(C34CC5CC(CC(C5)C3)C4)c2c1. The molecule has 0 aromatic heterocycles. The van der Waals surface area contributed by atoms with Crippen molar-refractivity contribution in [3.63, 3.8) is 0 Å². The van der Waals surface area contributed by atoms with E-state index in [0.29, 0.717) is 13.2 Å². The number of ether oxygens (including phenoxy) is 2. The number of hydrogen-bond acceptors (Lipinski definition) is 4. The molecule has 10 rings (SSSR count). The monoisotopic (exact) mass is 516 g/mol. The molecule has 8 aliphatic rings. The minimum atomic E-state index is 0.0422. The summed E-state index contributed by atoms with van der Waals surface area (Å²) in [5.74, 6) is 7.10. The Kier molecular flexibility index (Phi) is 5.61. The normalized spacial score (nSPS) is 40.3. The van der Waals surface area contributed by atoms with E-state index < -0.39 is 0 Å². The Morgan fingerprint density at radius 1 is 0.526 bits per heavy atom. The number of fused-ring (bicyclic) bond motifs is 1. The van der Waals surface area contributed by atoms with Crippen LogP contribution >= 0.6 is 0 Å². The molecule has 0 saturated heterocycles. The third kappa shape index (κ3) is 3.76. The Bertz CT molecular complexity index is 1060. The second kappa shape index (κ2) is 8.86. The summed E-state index contributed by atoms with van der Waals surface area (Å²) in [7, 11) is 0. The van der Waals surface area contributed by atoms with Crippen LogP contribution in [0.3, 0.4) is 0 Å². The molecule has 38 heavy (non-hydrogen) atoms. The molecule has 0 radical (unpaired) electrons. The van der Waals surface area contributed by atoms with Gasteiger partial charge in [0, 0.05) is 0 Å². The summed E-state index contributed by atoms with van der Waals surface area (Å²) in [6.45, 7) is 0.771. The van der Waals surface area contributed by atoms with Gasteiger partial charge in [-0.1, -0.05) is 0 Å². The van der Waals surface area contributed by atoms with Crippen LogP contribution in [0.1, 0.15) is 88.2 Å². The van der Waals surface area contributed by atoms with Gasteiger partial charge < -0.3 is 19.7 Å². The van der Waals surface area contributed by atoms with E-state index in [0.717, 1.165) is 47.0 Å². The molecule has 0 aliphatic heterocycles. The van der Waals surface area contributed by atoms with E-state index in [2.05, 4.69) is 24.3 Å². The molecule has 204 valence electrons. The van der Waals surface area contributed by atoms with Gasteiger partial charge in [-0.05, 0) is 170 Å². The molecule has 8 fully saturated rings. The van der Waals surface area contributed by atoms with Crippen LogP contribution in [0.5, 0.6) is 11.5 Å². The van der Waals surface area contributed by atoms with Crippen LogP contribution in [0.15, 0.2) is 24.3 Å². The van der Waals surface area contributed by atoms with Crippen LogP contribution in [0.4, 0.5) is 0 Å². The average molecular weight is 517 g/mol. The third-order valence-electron chi connectivity index (χ3n) is 12.0. The summed E-state index contributed by atoms with van der Waals surface area (Å²) in [6.07, 6.45) is 16.5. The topological polar surface area (TPSA) is 58.9 Å². The molecule has 8 aliphatic carbocycles. The van der Waals surface area contributed by atoms with Crippen LogP contribution in [-0.4, -0.2) is 36.6 Å². The van der Waals surface area contributed by atoms with E-state index in [1.807, 2.05) is 0 Å². The van der Waals surface area contributed by atoms with Crippen molar-refractivity contribution in [1.29, 1.82) is 0 Å². The van der Waals surface area contributed by atoms with E-state index in [4.69, 9.17) is 9.47 Å². The molecule has 4 heteroatoms. The van der Waals surface area contributed by atoms with E-state index >= 15 is 0 Å². The quantitative estimate of drug-likeness (QED) is 0.420. The fourth-order valence-corrected chi connectivity index (χ4v) is 11.7. The molecular weight excluding hydrogens is 472 g/mol. The van der Waals surface area contributed by atoms with E-state index in [9.17, 15) is 10.2 Å². The highest BCUT2D eigenvalue weighted by molar-refractivity contribution is 5.93. The predicted molar refractivity (Wildman–Crippen MR) is 149 cm³/mol. The van der Waals surface area contributed by atoms with Crippen molar-refractivity contribution in [2.45, 2.75) is 87.9 Å². The maximum absolute atomic E-state index is 9.61. The Balaban J connectivity index is 1.34. The number of aliphatic hydroxyl groups excluding tert-OH is 2. The third-order valence-corrected chi connectivity index (χ3v) is 12.0. The van der Waals surface area contributed by atoms with Crippen LogP contribution < -0.4 is 9.47 Å². The first-order chi connectivity index (χ1) is 18.5. The van der Waals surface area contributed by atoms with Crippen molar-refractivity contribution in [2.75, 3.05) is 26.4 Å². The second-order valence-corrected chi connectivity index (χ2v) is 14.6.